The minimum absolute atomic E-state index is 0.00388. The van der Waals surface area contributed by atoms with Crippen molar-refractivity contribution in [3.8, 4) is 28.7 Å². The molecule has 1 aliphatic heterocycles. The Morgan fingerprint density at radius 1 is 0.950 bits per heavy atom. The number of hydrogen-bond acceptors (Lipinski definition) is 8. The number of methoxy groups -OCH3 is 3. The highest BCUT2D eigenvalue weighted by Crippen LogP contribution is 2.48. The maximum atomic E-state index is 13.6. The van der Waals surface area contributed by atoms with E-state index in [0.717, 1.165) is 0 Å². The molecule has 1 atom stereocenters. The highest BCUT2D eigenvalue weighted by Gasteiger charge is 2.47. The summed E-state index contributed by atoms with van der Waals surface area (Å²) in [7, 11) is 4.20. The van der Waals surface area contributed by atoms with Gasteiger partial charge in [-0.25, -0.2) is 0 Å². The van der Waals surface area contributed by atoms with E-state index in [0.29, 0.717) is 16.9 Å². The molecule has 0 aromatic heterocycles. The number of benzene rings is 3. The van der Waals surface area contributed by atoms with Gasteiger partial charge in [-0.1, -0.05) is 47.5 Å². The van der Waals surface area contributed by atoms with Crippen LogP contribution in [-0.4, -0.2) is 54.7 Å². The standard InChI is InChI=1S/C29H27Cl2NO8/c1-5-40-21-12-15(10-11-19(21)33)24-22(25(34)17-13-18(30)28(39-4)23(31)27(17)38-3)26(35)29(36)32(24)14-16-8-6-7-9-20(16)37-2/h6-13,24,33-34H,5,14H2,1-4H3/b25-22+. The number of halogens is 2. The lowest BCUT2D eigenvalue weighted by Crippen LogP contribution is -2.29. The van der Waals surface area contributed by atoms with Gasteiger partial charge in [-0.2, -0.15) is 0 Å². The van der Waals surface area contributed by atoms with Gasteiger partial charge in [0.05, 0.1) is 56.7 Å². The molecular formula is C29H27Cl2NO8. The average Bonchev–Trinajstić information content (AvgIpc) is 3.19. The molecule has 2 N–H and O–H groups in total. The first-order chi connectivity index (χ1) is 19.2. The summed E-state index contributed by atoms with van der Waals surface area (Å²) in [5.74, 6) is -1.69. The minimum Gasteiger partial charge on any atom is -0.507 e. The number of hydrogen-bond donors (Lipinski definition) is 2. The molecule has 0 saturated carbocycles. The largest absolute Gasteiger partial charge is 0.507 e. The van der Waals surface area contributed by atoms with Gasteiger partial charge in [-0.05, 0) is 36.8 Å². The van der Waals surface area contributed by atoms with E-state index >= 15 is 0 Å². The molecule has 0 bridgehead atoms. The van der Waals surface area contributed by atoms with Gasteiger partial charge >= 0.3 is 0 Å². The summed E-state index contributed by atoms with van der Waals surface area (Å²) in [6.45, 7) is 1.99. The number of amides is 1. The fourth-order valence-electron chi connectivity index (χ4n) is 4.67. The molecule has 11 heteroatoms. The predicted octanol–water partition coefficient (Wildman–Crippen LogP) is 5.75. The number of ketones is 1. The van der Waals surface area contributed by atoms with Crippen LogP contribution in [0.25, 0.3) is 5.76 Å². The Morgan fingerprint density at radius 2 is 1.65 bits per heavy atom. The zero-order chi connectivity index (χ0) is 29.1. The van der Waals surface area contributed by atoms with Gasteiger partial charge in [-0.15, -0.1) is 0 Å². The predicted molar refractivity (Wildman–Crippen MR) is 150 cm³/mol. The smallest absolute Gasteiger partial charge is 0.295 e. The highest BCUT2D eigenvalue weighted by molar-refractivity contribution is 6.47. The van der Waals surface area contributed by atoms with Crippen molar-refractivity contribution in [2.45, 2.75) is 19.5 Å². The van der Waals surface area contributed by atoms with E-state index < -0.39 is 23.5 Å². The van der Waals surface area contributed by atoms with E-state index in [1.165, 1.54) is 44.4 Å². The number of likely N-dealkylation sites (tertiary alicyclic amines) is 1. The summed E-state index contributed by atoms with van der Waals surface area (Å²) in [6, 6.07) is 11.8. The first-order valence-electron chi connectivity index (χ1n) is 12.1. The highest BCUT2D eigenvalue weighted by atomic mass is 35.5. The Balaban J connectivity index is 1.98. The van der Waals surface area contributed by atoms with Crippen LogP contribution in [0.1, 0.15) is 29.7 Å². The molecule has 210 valence electrons. The number of para-hydroxylation sites is 1. The molecule has 1 aliphatic rings. The van der Waals surface area contributed by atoms with E-state index in [-0.39, 0.29) is 57.3 Å². The monoisotopic (exact) mass is 587 g/mol. The zero-order valence-electron chi connectivity index (χ0n) is 22.2. The quantitative estimate of drug-likeness (QED) is 0.185. The summed E-state index contributed by atoms with van der Waals surface area (Å²) < 4.78 is 21.7. The van der Waals surface area contributed by atoms with Crippen molar-refractivity contribution >= 4 is 40.7 Å². The van der Waals surface area contributed by atoms with Crippen molar-refractivity contribution in [1.29, 1.82) is 0 Å². The Morgan fingerprint density at radius 3 is 2.30 bits per heavy atom. The number of aliphatic hydroxyl groups is 1. The summed E-state index contributed by atoms with van der Waals surface area (Å²) in [5.41, 5.74) is 0.793. The van der Waals surface area contributed by atoms with Crippen LogP contribution < -0.4 is 18.9 Å². The Kier molecular flexibility index (Phi) is 8.66. The van der Waals surface area contributed by atoms with Gasteiger partial charge in [0.15, 0.2) is 23.0 Å². The third kappa shape index (κ3) is 5.10. The van der Waals surface area contributed by atoms with E-state index in [1.807, 2.05) is 0 Å². The van der Waals surface area contributed by atoms with E-state index in [4.69, 9.17) is 42.1 Å². The number of carbonyl (C=O) groups excluding carboxylic acids is 2. The van der Waals surface area contributed by atoms with Gasteiger partial charge < -0.3 is 34.1 Å². The molecule has 0 spiro atoms. The van der Waals surface area contributed by atoms with Crippen LogP contribution in [0.15, 0.2) is 54.1 Å². The molecule has 9 nitrogen and oxygen atoms in total. The molecular weight excluding hydrogens is 561 g/mol. The van der Waals surface area contributed by atoms with Crippen molar-refractivity contribution in [3.63, 3.8) is 0 Å². The van der Waals surface area contributed by atoms with E-state index in [1.54, 1.807) is 37.3 Å². The molecule has 3 aromatic rings. The molecule has 1 unspecified atom stereocenters. The SMILES string of the molecule is CCOc1cc(C2/C(=C(\O)c3cc(Cl)c(OC)c(Cl)c3OC)C(=O)C(=O)N2Cc2ccccc2OC)ccc1O. The summed E-state index contributed by atoms with van der Waals surface area (Å²) in [5, 5.41) is 21.9. The van der Waals surface area contributed by atoms with Gasteiger partial charge in [-0.3, -0.25) is 9.59 Å². The molecule has 1 fully saturated rings. The van der Waals surface area contributed by atoms with Crippen LogP contribution in [0, 0.1) is 0 Å². The number of aromatic hydroxyl groups is 1. The number of nitrogens with zero attached hydrogens (tertiary/aromatic N) is 1. The summed E-state index contributed by atoms with van der Waals surface area (Å²) in [6.07, 6.45) is 0. The fraction of sp³-hybridized carbons (Fsp3) is 0.241. The van der Waals surface area contributed by atoms with Gasteiger partial charge in [0.2, 0.25) is 0 Å². The Labute approximate surface area is 241 Å². The number of ether oxygens (including phenoxy) is 4. The molecule has 3 aromatic carbocycles. The number of phenols is 1. The van der Waals surface area contributed by atoms with E-state index in [2.05, 4.69) is 0 Å². The second-order valence-corrected chi connectivity index (χ2v) is 9.47. The van der Waals surface area contributed by atoms with Crippen molar-refractivity contribution in [2.75, 3.05) is 27.9 Å². The minimum atomic E-state index is -1.09. The molecule has 1 amide bonds. The lowest BCUT2D eigenvalue weighted by atomic mass is 9.94. The molecule has 0 radical (unpaired) electrons. The lowest BCUT2D eigenvalue weighted by Gasteiger charge is -2.26. The average molecular weight is 588 g/mol. The first-order valence-corrected chi connectivity index (χ1v) is 12.9. The van der Waals surface area contributed by atoms with Gasteiger partial charge in [0, 0.05) is 5.56 Å². The maximum Gasteiger partial charge on any atom is 0.295 e. The summed E-state index contributed by atoms with van der Waals surface area (Å²) in [4.78, 5) is 28.4. The molecule has 40 heavy (non-hydrogen) atoms. The number of phenolic OH excluding ortho intramolecular Hbond substituents is 1. The number of rotatable bonds is 9. The van der Waals surface area contributed by atoms with Crippen LogP contribution in [-0.2, 0) is 16.1 Å². The second-order valence-electron chi connectivity index (χ2n) is 8.69. The van der Waals surface area contributed by atoms with E-state index in [9.17, 15) is 19.8 Å². The van der Waals surface area contributed by atoms with Crippen LogP contribution in [0.5, 0.6) is 28.7 Å². The van der Waals surface area contributed by atoms with Crippen molar-refractivity contribution < 1.29 is 38.7 Å². The molecule has 4 rings (SSSR count). The Hall–Kier alpha value is -4.08. The van der Waals surface area contributed by atoms with Crippen molar-refractivity contribution in [2.24, 2.45) is 0 Å². The van der Waals surface area contributed by atoms with Crippen molar-refractivity contribution in [3.05, 3.63) is 80.8 Å². The number of Topliss-reactive ketones (excluding diaryl/α,β-unsaturated/α-hetero) is 1. The Bertz CT molecular complexity index is 1500. The fourth-order valence-corrected chi connectivity index (χ4v) is 5.36. The van der Waals surface area contributed by atoms with Crippen LogP contribution >= 0.6 is 23.2 Å². The number of aliphatic hydroxyl groups excluding tert-OH is 1. The molecule has 1 saturated heterocycles. The first kappa shape index (κ1) is 28.9. The van der Waals surface area contributed by atoms with Crippen molar-refractivity contribution in [1.82, 2.24) is 4.90 Å². The lowest BCUT2D eigenvalue weighted by molar-refractivity contribution is -0.140. The molecule has 0 aliphatic carbocycles. The maximum absolute atomic E-state index is 13.6. The second kappa shape index (κ2) is 12.0. The normalized spacial score (nSPS) is 16.2. The third-order valence-corrected chi connectivity index (χ3v) is 7.09. The zero-order valence-corrected chi connectivity index (χ0v) is 23.7. The van der Waals surface area contributed by atoms with Crippen LogP contribution in [0.4, 0.5) is 0 Å². The van der Waals surface area contributed by atoms with Gasteiger partial charge in [0.25, 0.3) is 11.7 Å². The van der Waals surface area contributed by atoms with Crippen LogP contribution in [0.3, 0.4) is 0 Å². The topological polar surface area (TPSA) is 115 Å². The summed E-state index contributed by atoms with van der Waals surface area (Å²) >= 11 is 12.8. The number of carbonyl (C=O) groups is 2. The third-order valence-electron chi connectivity index (χ3n) is 6.47. The van der Waals surface area contributed by atoms with Crippen LogP contribution in [0.2, 0.25) is 10.0 Å². The van der Waals surface area contributed by atoms with Gasteiger partial charge in [0.1, 0.15) is 16.5 Å². The molecule has 1 heterocycles.